The number of ether oxygens (including phenoxy) is 2. The molecule has 6 nitrogen and oxygen atoms in total. The second kappa shape index (κ2) is 7.48. The fraction of sp³-hybridized carbons (Fsp3) is 0.550. The number of nitrogens with one attached hydrogen (secondary N) is 2. The van der Waals surface area contributed by atoms with Gasteiger partial charge in [-0.15, -0.1) is 0 Å². The molecule has 1 aromatic heterocycles. The van der Waals surface area contributed by atoms with Crippen molar-refractivity contribution >= 4 is 10.9 Å². The fourth-order valence-electron chi connectivity index (χ4n) is 4.10. The Morgan fingerprint density at radius 3 is 2.77 bits per heavy atom. The van der Waals surface area contributed by atoms with Crippen molar-refractivity contribution in [3.8, 4) is 0 Å². The van der Waals surface area contributed by atoms with Crippen molar-refractivity contribution in [1.29, 1.82) is 0 Å². The lowest BCUT2D eigenvalue weighted by Gasteiger charge is -2.34. The molecule has 4 rings (SSSR count). The van der Waals surface area contributed by atoms with Crippen LogP contribution in [-0.4, -0.2) is 61.5 Å². The molecule has 0 amide bonds. The third-order valence-electron chi connectivity index (χ3n) is 5.46. The van der Waals surface area contributed by atoms with Crippen LogP contribution in [0.3, 0.4) is 0 Å². The molecule has 1 aromatic carbocycles. The average molecular weight is 357 g/mol. The van der Waals surface area contributed by atoms with Crippen molar-refractivity contribution in [2.75, 3.05) is 39.5 Å². The zero-order valence-electron chi connectivity index (χ0n) is 15.5. The van der Waals surface area contributed by atoms with Crippen molar-refractivity contribution in [1.82, 2.24) is 15.2 Å². The molecule has 2 atom stereocenters. The van der Waals surface area contributed by atoms with E-state index in [4.69, 9.17) is 9.47 Å². The lowest BCUT2D eigenvalue weighted by atomic mass is 10.1. The Labute approximate surface area is 153 Å². The van der Waals surface area contributed by atoms with E-state index in [1.807, 2.05) is 19.9 Å². The molecular weight excluding hydrogens is 330 g/mol. The highest BCUT2D eigenvalue weighted by atomic mass is 16.5. The van der Waals surface area contributed by atoms with E-state index in [9.17, 15) is 4.79 Å². The van der Waals surface area contributed by atoms with E-state index in [0.717, 1.165) is 60.6 Å². The number of benzene rings is 1. The van der Waals surface area contributed by atoms with E-state index < -0.39 is 0 Å². The largest absolute Gasteiger partial charge is 0.379 e. The van der Waals surface area contributed by atoms with Crippen LogP contribution in [0, 0.1) is 13.8 Å². The Morgan fingerprint density at radius 2 is 1.96 bits per heavy atom. The molecule has 0 aliphatic carbocycles. The Morgan fingerprint density at radius 1 is 1.15 bits per heavy atom. The van der Waals surface area contributed by atoms with Crippen LogP contribution in [0.2, 0.25) is 0 Å². The molecule has 2 aliphatic rings. The Hall–Kier alpha value is -1.73. The third kappa shape index (κ3) is 3.55. The number of aromatic nitrogens is 1. The zero-order chi connectivity index (χ0) is 18.1. The van der Waals surface area contributed by atoms with Crippen LogP contribution in [0.5, 0.6) is 0 Å². The van der Waals surface area contributed by atoms with Gasteiger partial charge in [-0.3, -0.25) is 9.69 Å². The molecule has 0 saturated carbocycles. The van der Waals surface area contributed by atoms with Gasteiger partial charge in [0.25, 0.3) is 0 Å². The number of pyridine rings is 1. The van der Waals surface area contributed by atoms with E-state index in [1.165, 1.54) is 0 Å². The van der Waals surface area contributed by atoms with E-state index in [0.29, 0.717) is 19.2 Å². The third-order valence-corrected chi connectivity index (χ3v) is 5.46. The van der Waals surface area contributed by atoms with Gasteiger partial charge in [0, 0.05) is 42.8 Å². The highest BCUT2D eigenvalue weighted by Gasteiger charge is 2.33. The average Bonchev–Trinajstić information content (AvgIpc) is 3.10. The quantitative estimate of drug-likeness (QED) is 0.864. The maximum atomic E-state index is 12.5. The van der Waals surface area contributed by atoms with Crippen LogP contribution < -0.4 is 10.7 Å². The summed E-state index contributed by atoms with van der Waals surface area (Å²) in [5, 5.41) is 4.36. The Balaban J connectivity index is 1.49. The molecule has 6 heteroatoms. The summed E-state index contributed by atoms with van der Waals surface area (Å²) < 4.78 is 11.2. The second-order valence-corrected chi connectivity index (χ2v) is 7.40. The predicted molar refractivity (Wildman–Crippen MR) is 102 cm³/mol. The Kier molecular flexibility index (Phi) is 5.09. The highest BCUT2D eigenvalue weighted by molar-refractivity contribution is 5.82. The summed E-state index contributed by atoms with van der Waals surface area (Å²) in [6, 6.07) is 6.42. The first-order valence-electron chi connectivity index (χ1n) is 9.38. The first kappa shape index (κ1) is 17.7. The van der Waals surface area contributed by atoms with E-state index in [2.05, 4.69) is 21.3 Å². The van der Waals surface area contributed by atoms with Gasteiger partial charge in [0.05, 0.1) is 38.0 Å². The number of aryl methyl sites for hydroxylation is 2. The van der Waals surface area contributed by atoms with Gasteiger partial charge in [0.1, 0.15) is 0 Å². The van der Waals surface area contributed by atoms with Crippen molar-refractivity contribution in [2.24, 2.45) is 0 Å². The molecule has 0 unspecified atom stereocenters. The first-order chi connectivity index (χ1) is 12.6. The van der Waals surface area contributed by atoms with Gasteiger partial charge in [-0.1, -0.05) is 6.07 Å². The smallest absolute Gasteiger partial charge is 0.189 e. The van der Waals surface area contributed by atoms with Crippen molar-refractivity contribution in [3.05, 3.63) is 45.2 Å². The number of aromatic amines is 1. The summed E-state index contributed by atoms with van der Waals surface area (Å²) in [4.78, 5) is 18.4. The summed E-state index contributed by atoms with van der Waals surface area (Å²) in [6.45, 7) is 9.65. The minimum Gasteiger partial charge on any atom is -0.379 e. The van der Waals surface area contributed by atoms with Gasteiger partial charge in [-0.05, 0) is 31.0 Å². The molecule has 2 N–H and O–H groups in total. The van der Waals surface area contributed by atoms with E-state index in [1.54, 1.807) is 6.07 Å². The molecule has 2 fully saturated rings. The minimum absolute atomic E-state index is 0.0785. The maximum absolute atomic E-state index is 12.5. The van der Waals surface area contributed by atoms with Crippen molar-refractivity contribution in [3.63, 3.8) is 0 Å². The molecule has 0 bridgehead atoms. The summed E-state index contributed by atoms with van der Waals surface area (Å²) in [7, 11) is 0. The van der Waals surface area contributed by atoms with Crippen LogP contribution >= 0.6 is 0 Å². The first-order valence-corrected chi connectivity index (χ1v) is 9.38. The number of hydrogen-bond acceptors (Lipinski definition) is 5. The normalized spacial score (nSPS) is 24.4. The topological polar surface area (TPSA) is 66.6 Å². The van der Waals surface area contributed by atoms with Crippen LogP contribution in [0.4, 0.5) is 0 Å². The minimum atomic E-state index is 0.0785. The number of rotatable bonds is 4. The van der Waals surface area contributed by atoms with Crippen LogP contribution in [-0.2, 0) is 16.0 Å². The molecule has 2 saturated heterocycles. The van der Waals surface area contributed by atoms with Crippen LogP contribution in [0.1, 0.15) is 16.8 Å². The maximum Gasteiger partial charge on any atom is 0.189 e. The number of hydrogen-bond donors (Lipinski definition) is 2. The number of fused-ring (bicyclic) bond motifs is 1. The molecule has 0 spiro atoms. The van der Waals surface area contributed by atoms with Gasteiger partial charge in [0.2, 0.25) is 0 Å². The van der Waals surface area contributed by atoms with E-state index >= 15 is 0 Å². The van der Waals surface area contributed by atoms with Crippen LogP contribution in [0.25, 0.3) is 10.9 Å². The Bertz CT molecular complexity index is 842. The molecule has 2 aliphatic heterocycles. The molecule has 26 heavy (non-hydrogen) atoms. The summed E-state index contributed by atoms with van der Waals surface area (Å²) in [5.41, 5.74) is 4.15. The van der Waals surface area contributed by atoms with E-state index in [-0.39, 0.29) is 11.5 Å². The molecule has 3 heterocycles. The van der Waals surface area contributed by atoms with Gasteiger partial charge >= 0.3 is 0 Å². The SMILES string of the molecule is Cc1cc(C)c2[nH]c(CN[C@@H]3COC[C@H]3N3CCOCC3)cc(=O)c2c1. The molecule has 2 aromatic rings. The molecular formula is C20H27N3O3. The number of nitrogens with zero attached hydrogens (tertiary/aromatic N) is 1. The standard InChI is InChI=1S/C20H27N3O3/c1-13-7-14(2)20-16(8-13)19(24)9-15(22-20)10-21-17-11-26-12-18(17)23-3-5-25-6-4-23/h7-9,17-18,21H,3-6,10-12H2,1-2H3,(H,22,24)/t17-,18-/m1/s1. The highest BCUT2D eigenvalue weighted by Crippen LogP contribution is 2.18. The number of H-pyrrole nitrogens is 1. The lowest BCUT2D eigenvalue weighted by molar-refractivity contribution is 0.0106. The van der Waals surface area contributed by atoms with Crippen molar-refractivity contribution in [2.45, 2.75) is 32.5 Å². The number of morpholine rings is 1. The predicted octanol–water partition coefficient (Wildman–Crippen LogP) is 1.33. The second-order valence-electron chi connectivity index (χ2n) is 7.40. The van der Waals surface area contributed by atoms with Gasteiger partial charge in [0.15, 0.2) is 5.43 Å². The van der Waals surface area contributed by atoms with Gasteiger partial charge in [-0.25, -0.2) is 0 Å². The summed E-state index contributed by atoms with van der Waals surface area (Å²) in [5.74, 6) is 0. The lowest BCUT2D eigenvalue weighted by Crippen LogP contribution is -2.52. The molecule has 140 valence electrons. The monoisotopic (exact) mass is 357 g/mol. The van der Waals surface area contributed by atoms with Gasteiger partial charge in [-0.2, -0.15) is 0 Å². The van der Waals surface area contributed by atoms with Crippen molar-refractivity contribution < 1.29 is 9.47 Å². The molecule has 0 radical (unpaired) electrons. The zero-order valence-corrected chi connectivity index (χ0v) is 15.5. The summed E-state index contributed by atoms with van der Waals surface area (Å²) in [6.07, 6.45) is 0. The fourth-order valence-corrected chi connectivity index (χ4v) is 4.10. The van der Waals surface area contributed by atoms with Gasteiger partial charge < -0.3 is 19.8 Å². The van der Waals surface area contributed by atoms with Crippen LogP contribution in [0.15, 0.2) is 23.0 Å². The summed E-state index contributed by atoms with van der Waals surface area (Å²) >= 11 is 0.